The van der Waals surface area contributed by atoms with Crippen molar-refractivity contribution in [3.05, 3.63) is 17.7 Å². The Kier molecular flexibility index (Phi) is 8.16. The number of benzene rings is 1. The zero-order valence-electron chi connectivity index (χ0n) is 13.3. The van der Waals surface area contributed by atoms with Gasteiger partial charge in [0.1, 0.15) is 11.5 Å². The van der Waals surface area contributed by atoms with E-state index in [4.69, 9.17) is 4.74 Å². The minimum Gasteiger partial charge on any atom is -0.508 e. The first-order valence-electron chi connectivity index (χ1n) is 7.79. The van der Waals surface area contributed by atoms with Crippen LogP contribution in [0.4, 0.5) is 5.69 Å². The molecule has 130 valence electrons. The zero-order chi connectivity index (χ0) is 15.9. The molecule has 0 bridgehead atoms. The smallest absolute Gasteiger partial charge is 0.262 e. The van der Waals surface area contributed by atoms with Gasteiger partial charge in [0, 0.05) is 11.6 Å². The van der Waals surface area contributed by atoms with Gasteiger partial charge in [-0.25, -0.2) is 0 Å². The van der Waals surface area contributed by atoms with Gasteiger partial charge in [0.15, 0.2) is 6.61 Å². The van der Waals surface area contributed by atoms with Crippen molar-refractivity contribution in [2.75, 3.05) is 25.1 Å². The van der Waals surface area contributed by atoms with Gasteiger partial charge in [0.2, 0.25) is 0 Å². The predicted octanol–water partition coefficient (Wildman–Crippen LogP) is 2.35. The normalized spacial score (nSPS) is 14.3. The molecule has 2 rings (SSSR count). The zero-order valence-corrected chi connectivity index (χ0v) is 14.1. The molecule has 0 aliphatic carbocycles. The topological polar surface area (TPSA) is 90.8 Å². The molecule has 4 N–H and O–H groups in total. The average molecular weight is 345 g/mol. The number of fused-ring (bicyclic) bond motifs is 1. The quantitative estimate of drug-likeness (QED) is 0.543. The Balaban J connectivity index is 0.00000264. The maximum atomic E-state index is 11.4. The lowest BCUT2D eigenvalue weighted by atomic mass is 10.0. The molecule has 23 heavy (non-hydrogen) atoms. The number of aliphatic hydroxyl groups is 1. The molecule has 6 nitrogen and oxygen atoms in total. The van der Waals surface area contributed by atoms with Crippen molar-refractivity contribution in [3.63, 3.8) is 0 Å². The summed E-state index contributed by atoms with van der Waals surface area (Å²) in [6.07, 6.45) is 4.55. The summed E-state index contributed by atoms with van der Waals surface area (Å²) in [4.78, 5) is 11.4. The number of aromatic hydroxyl groups is 1. The van der Waals surface area contributed by atoms with E-state index >= 15 is 0 Å². The van der Waals surface area contributed by atoms with E-state index in [1.54, 1.807) is 6.07 Å². The standard InChI is InChI=1S/C16H24N2O4.ClH/c1-2-3-4-5-6-17-14(9-19)12-7-11(20)8-13-16(12)22-10-15(21)18-13;/h7-8,14,17,19-20H,2-6,9-10H2,1H3,(H,18,21);1H. The van der Waals surface area contributed by atoms with Crippen LogP contribution >= 0.6 is 12.4 Å². The highest BCUT2D eigenvalue weighted by Gasteiger charge is 2.24. The highest BCUT2D eigenvalue weighted by atomic mass is 35.5. The first-order chi connectivity index (χ1) is 10.7. The number of amides is 1. The second-order valence-electron chi connectivity index (χ2n) is 5.50. The molecule has 0 spiro atoms. The maximum Gasteiger partial charge on any atom is 0.262 e. The first-order valence-corrected chi connectivity index (χ1v) is 7.79. The number of rotatable bonds is 8. The van der Waals surface area contributed by atoms with Crippen LogP contribution in [0.5, 0.6) is 11.5 Å². The van der Waals surface area contributed by atoms with Gasteiger partial charge < -0.3 is 25.6 Å². The largest absolute Gasteiger partial charge is 0.508 e. The Morgan fingerprint density at radius 3 is 2.83 bits per heavy atom. The number of ether oxygens (including phenoxy) is 1. The molecule has 1 aromatic carbocycles. The number of halogens is 1. The van der Waals surface area contributed by atoms with Gasteiger partial charge in [0.05, 0.1) is 18.3 Å². The van der Waals surface area contributed by atoms with Crippen LogP contribution in [0.3, 0.4) is 0 Å². The van der Waals surface area contributed by atoms with Gasteiger partial charge in [-0.1, -0.05) is 26.2 Å². The summed E-state index contributed by atoms with van der Waals surface area (Å²) < 4.78 is 5.48. The van der Waals surface area contributed by atoms with Gasteiger partial charge in [0.25, 0.3) is 5.91 Å². The lowest BCUT2D eigenvalue weighted by molar-refractivity contribution is -0.118. The fraction of sp³-hybridized carbons (Fsp3) is 0.562. The Labute approximate surface area is 142 Å². The fourth-order valence-corrected chi connectivity index (χ4v) is 2.57. The SMILES string of the molecule is CCCCCCNC(CO)c1cc(O)cc2c1OCC(=O)N2.Cl. The van der Waals surface area contributed by atoms with Crippen LogP contribution in [0.25, 0.3) is 0 Å². The fourth-order valence-electron chi connectivity index (χ4n) is 2.57. The average Bonchev–Trinajstić information content (AvgIpc) is 2.50. The highest BCUT2D eigenvalue weighted by molar-refractivity contribution is 5.96. The maximum absolute atomic E-state index is 11.4. The number of nitrogens with one attached hydrogen (secondary N) is 2. The minimum atomic E-state index is -0.336. The summed E-state index contributed by atoms with van der Waals surface area (Å²) >= 11 is 0. The molecule has 0 saturated carbocycles. The van der Waals surface area contributed by atoms with Crippen LogP contribution in [0.15, 0.2) is 12.1 Å². The molecule has 1 atom stereocenters. The number of hydrogen-bond donors (Lipinski definition) is 4. The van der Waals surface area contributed by atoms with Gasteiger partial charge in [-0.2, -0.15) is 0 Å². The molecule has 1 aromatic rings. The van der Waals surface area contributed by atoms with E-state index in [9.17, 15) is 15.0 Å². The van der Waals surface area contributed by atoms with E-state index in [0.29, 0.717) is 17.0 Å². The number of unbranched alkanes of at least 4 members (excludes halogenated alkanes) is 3. The molecule has 1 aliphatic heterocycles. The molecule has 0 radical (unpaired) electrons. The van der Waals surface area contributed by atoms with Crippen LogP contribution in [0.1, 0.15) is 44.2 Å². The van der Waals surface area contributed by atoms with Gasteiger partial charge in [-0.3, -0.25) is 4.79 Å². The van der Waals surface area contributed by atoms with Crippen molar-refractivity contribution in [1.82, 2.24) is 5.32 Å². The minimum absolute atomic E-state index is 0. The molecule has 0 aromatic heterocycles. The molecular weight excluding hydrogens is 320 g/mol. The third-order valence-electron chi connectivity index (χ3n) is 3.70. The van der Waals surface area contributed by atoms with Gasteiger partial charge >= 0.3 is 0 Å². The molecule has 1 aliphatic rings. The number of carbonyl (C=O) groups is 1. The van der Waals surface area contributed by atoms with Crippen molar-refractivity contribution in [2.24, 2.45) is 0 Å². The number of phenolic OH excluding ortho intramolecular Hbond substituents is 1. The van der Waals surface area contributed by atoms with Crippen LogP contribution < -0.4 is 15.4 Å². The van der Waals surface area contributed by atoms with E-state index in [-0.39, 0.29) is 43.3 Å². The van der Waals surface area contributed by atoms with Gasteiger partial charge in [-0.15, -0.1) is 12.4 Å². The van der Waals surface area contributed by atoms with Crippen LogP contribution in [0, 0.1) is 0 Å². The predicted molar refractivity (Wildman–Crippen MR) is 91.5 cm³/mol. The van der Waals surface area contributed by atoms with E-state index in [1.165, 1.54) is 18.9 Å². The molecule has 1 heterocycles. The van der Waals surface area contributed by atoms with Crippen molar-refractivity contribution in [2.45, 2.75) is 38.6 Å². The van der Waals surface area contributed by atoms with E-state index in [1.807, 2.05) is 0 Å². The van der Waals surface area contributed by atoms with Crippen LogP contribution in [0.2, 0.25) is 0 Å². The van der Waals surface area contributed by atoms with Crippen molar-refractivity contribution < 1.29 is 19.7 Å². The van der Waals surface area contributed by atoms with Gasteiger partial charge in [-0.05, 0) is 19.0 Å². The summed E-state index contributed by atoms with van der Waals surface area (Å²) in [5.74, 6) is 0.292. The number of hydrogen-bond acceptors (Lipinski definition) is 5. The molecule has 7 heteroatoms. The summed E-state index contributed by atoms with van der Waals surface area (Å²) in [6, 6.07) is 2.68. The molecular formula is C16H25ClN2O4. The lowest BCUT2D eigenvalue weighted by Crippen LogP contribution is -2.30. The summed E-state index contributed by atoms with van der Waals surface area (Å²) in [5, 5.41) is 25.4. The Bertz CT molecular complexity index is 525. The molecule has 0 fully saturated rings. The number of anilines is 1. The molecule has 1 amide bonds. The molecule has 1 unspecified atom stereocenters. The monoisotopic (exact) mass is 344 g/mol. The van der Waals surface area contributed by atoms with Crippen molar-refractivity contribution in [1.29, 1.82) is 0 Å². The Hall–Kier alpha value is -1.50. The van der Waals surface area contributed by atoms with Crippen molar-refractivity contribution in [3.8, 4) is 11.5 Å². The summed E-state index contributed by atoms with van der Waals surface area (Å²) in [6.45, 7) is 2.77. The third kappa shape index (κ3) is 5.27. The second-order valence-corrected chi connectivity index (χ2v) is 5.50. The Morgan fingerprint density at radius 1 is 1.35 bits per heavy atom. The number of phenols is 1. The molecule has 0 saturated heterocycles. The summed E-state index contributed by atoms with van der Waals surface area (Å²) in [5.41, 5.74) is 1.10. The third-order valence-corrected chi connectivity index (χ3v) is 3.70. The number of carbonyl (C=O) groups excluding carboxylic acids is 1. The Morgan fingerprint density at radius 2 is 2.13 bits per heavy atom. The lowest BCUT2D eigenvalue weighted by Gasteiger charge is -2.25. The van der Waals surface area contributed by atoms with Crippen LogP contribution in [-0.4, -0.2) is 35.9 Å². The van der Waals surface area contributed by atoms with E-state index in [2.05, 4.69) is 17.6 Å². The van der Waals surface area contributed by atoms with Crippen molar-refractivity contribution >= 4 is 24.0 Å². The van der Waals surface area contributed by atoms with Crippen LogP contribution in [-0.2, 0) is 4.79 Å². The highest BCUT2D eigenvalue weighted by Crippen LogP contribution is 2.38. The summed E-state index contributed by atoms with van der Waals surface area (Å²) in [7, 11) is 0. The number of aliphatic hydroxyl groups excluding tert-OH is 1. The van der Waals surface area contributed by atoms with E-state index < -0.39 is 0 Å². The second kappa shape index (κ2) is 9.60. The first kappa shape index (κ1) is 19.5. The van der Waals surface area contributed by atoms with E-state index in [0.717, 1.165) is 19.4 Å².